The molecular formula is C32H34N2O5. The van der Waals surface area contributed by atoms with Crippen molar-refractivity contribution in [1.29, 1.82) is 0 Å². The minimum Gasteiger partial charge on any atom is -0.507 e. The van der Waals surface area contributed by atoms with Crippen molar-refractivity contribution < 1.29 is 24.2 Å². The number of likely N-dealkylation sites (N-methyl/N-ethyl adjacent to an activating group) is 1. The van der Waals surface area contributed by atoms with E-state index in [1.165, 1.54) is 4.90 Å². The normalized spacial score (nSPS) is 18.6. The summed E-state index contributed by atoms with van der Waals surface area (Å²) in [6, 6.07) is 19.5. The molecule has 1 unspecified atom stereocenters. The molecule has 7 nitrogen and oxygen atoms in total. The van der Waals surface area contributed by atoms with Gasteiger partial charge in [0.15, 0.2) is 0 Å². The highest BCUT2D eigenvalue weighted by Gasteiger charge is 2.47. The van der Waals surface area contributed by atoms with Crippen LogP contribution in [-0.4, -0.2) is 43.6 Å². The summed E-state index contributed by atoms with van der Waals surface area (Å²) in [5, 5.41) is 11.6. The van der Waals surface area contributed by atoms with Crippen LogP contribution in [0.4, 0.5) is 11.4 Å². The van der Waals surface area contributed by atoms with Gasteiger partial charge >= 0.3 is 0 Å². The third kappa shape index (κ3) is 4.85. The van der Waals surface area contributed by atoms with Crippen molar-refractivity contribution in [2.75, 3.05) is 36.6 Å². The molecule has 0 aromatic heterocycles. The maximum absolute atomic E-state index is 13.6. The van der Waals surface area contributed by atoms with E-state index in [0.717, 1.165) is 16.8 Å². The fourth-order valence-electron chi connectivity index (χ4n) is 5.10. The number of Topliss-reactive ketones (excluding diaryl/α,β-unsaturated/α-hetero) is 1. The fourth-order valence-corrected chi connectivity index (χ4v) is 5.10. The Morgan fingerprint density at radius 1 is 1.03 bits per heavy atom. The molecule has 1 saturated heterocycles. The van der Waals surface area contributed by atoms with Crippen LogP contribution in [-0.2, 0) is 15.0 Å². The lowest BCUT2D eigenvalue weighted by atomic mass is 9.85. The van der Waals surface area contributed by atoms with E-state index in [-0.39, 0.29) is 16.7 Å². The first-order valence-corrected chi connectivity index (χ1v) is 13.2. The molecule has 1 fully saturated rings. The molecule has 0 saturated carbocycles. The summed E-state index contributed by atoms with van der Waals surface area (Å²) in [6.45, 7) is 10.1. The number of amides is 1. The molecule has 202 valence electrons. The van der Waals surface area contributed by atoms with Crippen molar-refractivity contribution in [3.8, 4) is 11.5 Å². The van der Waals surface area contributed by atoms with E-state index in [2.05, 4.69) is 20.8 Å². The molecule has 1 amide bonds. The van der Waals surface area contributed by atoms with Gasteiger partial charge in [0.05, 0.1) is 30.5 Å². The molecular weight excluding hydrogens is 492 g/mol. The Kier molecular flexibility index (Phi) is 6.85. The fraction of sp³-hybridized carbons (Fsp3) is 0.312. The summed E-state index contributed by atoms with van der Waals surface area (Å²) in [4.78, 5) is 30.6. The number of carbonyl (C=O) groups excluding carboxylic acids is 2. The lowest BCUT2D eigenvalue weighted by Gasteiger charge is -2.28. The minimum atomic E-state index is -0.804. The number of aliphatic hydroxyl groups is 1. The van der Waals surface area contributed by atoms with Crippen LogP contribution in [0.15, 0.2) is 72.3 Å². The summed E-state index contributed by atoms with van der Waals surface area (Å²) < 4.78 is 11.3. The van der Waals surface area contributed by atoms with E-state index >= 15 is 0 Å². The summed E-state index contributed by atoms with van der Waals surface area (Å²) in [5.41, 5.74) is 3.66. The summed E-state index contributed by atoms with van der Waals surface area (Å²) >= 11 is 0. The molecule has 2 aliphatic heterocycles. The molecule has 7 heteroatoms. The Hall–Kier alpha value is -4.26. The number of ketones is 1. The molecule has 2 aliphatic rings. The highest BCUT2D eigenvalue weighted by atomic mass is 16.5. The van der Waals surface area contributed by atoms with E-state index in [4.69, 9.17) is 9.47 Å². The quantitative estimate of drug-likeness (QED) is 0.256. The molecule has 3 aromatic carbocycles. The summed E-state index contributed by atoms with van der Waals surface area (Å²) in [6.07, 6.45) is 0. The third-order valence-electron chi connectivity index (χ3n) is 7.29. The Labute approximate surface area is 229 Å². The minimum absolute atomic E-state index is 0.0525. The monoisotopic (exact) mass is 526 g/mol. The van der Waals surface area contributed by atoms with Crippen molar-refractivity contribution in [3.05, 3.63) is 89.0 Å². The second kappa shape index (κ2) is 10.1. The number of hydrogen-bond acceptors (Lipinski definition) is 6. The van der Waals surface area contributed by atoms with Crippen molar-refractivity contribution in [3.63, 3.8) is 0 Å². The average Bonchev–Trinajstić information content (AvgIpc) is 3.18. The van der Waals surface area contributed by atoms with Crippen LogP contribution in [0.2, 0.25) is 0 Å². The Morgan fingerprint density at radius 2 is 1.72 bits per heavy atom. The van der Waals surface area contributed by atoms with E-state index in [0.29, 0.717) is 42.5 Å². The van der Waals surface area contributed by atoms with E-state index in [1.54, 1.807) is 42.5 Å². The highest BCUT2D eigenvalue weighted by molar-refractivity contribution is 6.51. The second-order valence-electron chi connectivity index (χ2n) is 10.9. The van der Waals surface area contributed by atoms with E-state index < -0.39 is 17.7 Å². The molecule has 39 heavy (non-hydrogen) atoms. The number of rotatable bonds is 5. The highest BCUT2D eigenvalue weighted by Crippen LogP contribution is 2.44. The predicted molar refractivity (Wildman–Crippen MR) is 153 cm³/mol. The van der Waals surface area contributed by atoms with Gasteiger partial charge in [-0.3, -0.25) is 14.5 Å². The number of fused-ring (bicyclic) bond motifs is 1. The molecule has 1 atom stereocenters. The van der Waals surface area contributed by atoms with Gasteiger partial charge in [0, 0.05) is 18.3 Å². The lowest BCUT2D eigenvalue weighted by Crippen LogP contribution is -2.29. The zero-order valence-electron chi connectivity index (χ0n) is 23.0. The van der Waals surface area contributed by atoms with Crippen LogP contribution in [0.5, 0.6) is 11.5 Å². The van der Waals surface area contributed by atoms with Gasteiger partial charge in [0.1, 0.15) is 23.9 Å². The third-order valence-corrected chi connectivity index (χ3v) is 7.29. The van der Waals surface area contributed by atoms with Gasteiger partial charge in [-0.25, -0.2) is 0 Å². The molecule has 0 aliphatic carbocycles. The number of anilines is 2. The standard InChI is InChI=1S/C32H34N2O5/c1-6-38-24-14-12-23(13-15-24)34-28(20-7-10-22(11-8-20)32(2,3)4)27(30(36)31(34)37)29(35)21-9-16-26-25(19-21)33(5)17-18-39-26/h7-16,19,28,35H,6,17-18H2,1-5H3/b29-27-. The van der Waals surface area contributed by atoms with Crippen LogP contribution >= 0.6 is 0 Å². The Bertz CT molecular complexity index is 1430. The average molecular weight is 527 g/mol. The molecule has 2 heterocycles. The van der Waals surface area contributed by atoms with Crippen molar-refractivity contribution in [2.24, 2.45) is 0 Å². The number of hydrogen-bond donors (Lipinski definition) is 1. The maximum atomic E-state index is 13.6. The van der Waals surface area contributed by atoms with Gasteiger partial charge in [-0.1, -0.05) is 45.0 Å². The van der Waals surface area contributed by atoms with E-state index in [1.807, 2.05) is 43.1 Å². The molecule has 3 aromatic rings. The number of carbonyl (C=O) groups is 2. The molecule has 0 radical (unpaired) electrons. The topological polar surface area (TPSA) is 79.3 Å². The lowest BCUT2D eigenvalue weighted by molar-refractivity contribution is -0.132. The van der Waals surface area contributed by atoms with Crippen LogP contribution in [0.1, 0.15) is 50.4 Å². The number of aliphatic hydroxyl groups excluding tert-OH is 1. The first-order chi connectivity index (χ1) is 18.6. The summed E-state index contributed by atoms with van der Waals surface area (Å²) in [7, 11) is 1.95. The van der Waals surface area contributed by atoms with Crippen LogP contribution in [0.25, 0.3) is 5.76 Å². The van der Waals surface area contributed by atoms with Gasteiger partial charge in [-0.2, -0.15) is 0 Å². The van der Waals surface area contributed by atoms with Gasteiger partial charge in [0.2, 0.25) is 0 Å². The number of ether oxygens (including phenoxy) is 2. The Balaban J connectivity index is 1.66. The molecule has 1 N–H and O–H groups in total. The first kappa shape index (κ1) is 26.4. The smallest absolute Gasteiger partial charge is 0.300 e. The predicted octanol–water partition coefficient (Wildman–Crippen LogP) is 5.84. The van der Waals surface area contributed by atoms with Crippen molar-refractivity contribution >= 4 is 28.8 Å². The van der Waals surface area contributed by atoms with Gasteiger partial charge in [-0.05, 0) is 65.9 Å². The molecule has 0 spiro atoms. The van der Waals surface area contributed by atoms with Gasteiger partial charge in [-0.15, -0.1) is 0 Å². The molecule has 0 bridgehead atoms. The van der Waals surface area contributed by atoms with Crippen LogP contribution < -0.4 is 19.3 Å². The number of nitrogens with zero attached hydrogens (tertiary/aromatic N) is 2. The van der Waals surface area contributed by atoms with E-state index in [9.17, 15) is 14.7 Å². The van der Waals surface area contributed by atoms with Crippen molar-refractivity contribution in [1.82, 2.24) is 0 Å². The summed E-state index contributed by atoms with van der Waals surface area (Å²) in [5.74, 6) is -0.250. The maximum Gasteiger partial charge on any atom is 0.300 e. The largest absolute Gasteiger partial charge is 0.507 e. The first-order valence-electron chi connectivity index (χ1n) is 13.2. The zero-order chi connectivity index (χ0) is 27.9. The van der Waals surface area contributed by atoms with Crippen LogP contribution in [0, 0.1) is 0 Å². The van der Waals surface area contributed by atoms with Gasteiger partial charge < -0.3 is 19.5 Å². The Morgan fingerprint density at radius 3 is 2.36 bits per heavy atom. The second-order valence-corrected chi connectivity index (χ2v) is 10.9. The zero-order valence-corrected chi connectivity index (χ0v) is 23.0. The SMILES string of the molecule is CCOc1ccc(N2C(=O)C(=O)/C(=C(\O)c3ccc4c(c3)N(C)CCO4)C2c2ccc(C(C)(C)C)cc2)cc1. The van der Waals surface area contributed by atoms with Gasteiger partial charge in [0.25, 0.3) is 11.7 Å². The number of benzene rings is 3. The molecule has 5 rings (SSSR count). The van der Waals surface area contributed by atoms with Crippen LogP contribution in [0.3, 0.4) is 0 Å². The van der Waals surface area contributed by atoms with Crippen molar-refractivity contribution in [2.45, 2.75) is 39.2 Å².